The SMILES string of the molecule is COC1CCC(c2ccc(Cl)cc2)([C@H](N)C(=O)Nc2cccc(F)c2CC[C@H]2CN[C@@H]3CCCS(=O)(=O)N2C3)CC1. The third-order valence-corrected chi connectivity index (χ3v) is 11.5. The fourth-order valence-electron chi connectivity index (χ4n) is 6.85. The van der Waals surface area contributed by atoms with E-state index in [1.807, 2.05) is 24.3 Å². The monoisotopic (exact) mass is 606 g/mol. The second-order valence-electron chi connectivity index (χ2n) is 11.7. The number of hydrogen-bond donors (Lipinski definition) is 3. The molecule has 3 aliphatic rings. The summed E-state index contributed by atoms with van der Waals surface area (Å²) in [6.07, 6.45) is 5.14. The number of ether oxygens (including phenoxy) is 1. The van der Waals surface area contributed by atoms with Gasteiger partial charge >= 0.3 is 0 Å². The van der Waals surface area contributed by atoms with E-state index in [4.69, 9.17) is 22.1 Å². The Morgan fingerprint density at radius 3 is 2.66 bits per heavy atom. The molecule has 2 heterocycles. The van der Waals surface area contributed by atoms with E-state index in [9.17, 15) is 13.2 Å². The number of carbonyl (C=O) groups is 1. The van der Waals surface area contributed by atoms with Crippen molar-refractivity contribution in [3.63, 3.8) is 0 Å². The molecule has 11 heteroatoms. The van der Waals surface area contributed by atoms with Crippen LogP contribution in [0.15, 0.2) is 42.5 Å². The van der Waals surface area contributed by atoms with Crippen LogP contribution in [0.4, 0.5) is 10.1 Å². The number of sulfonamides is 1. The second kappa shape index (κ2) is 12.7. The molecule has 5 rings (SSSR count). The van der Waals surface area contributed by atoms with Gasteiger partial charge in [-0.1, -0.05) is 29.8 Å². The summed E-state index contributed by atoms with van der Waals surface area (Å²) >= 11 is 6.16. The zero-order valence-electron chi connectivity index (χ0n) is 23.5. The largest absolute Gasteiger partial charge is 0.381 e. The summed E-state index contributed by atoms with van der Waals surface area (Å²) in [5, 5.41) is 6.99. The summed E-state index contributed by atoms with van der Waals surface area (Å²) in [6, 6.07) is 11.1. The molecule has 2 saturated heterocycles. The number of halogens is 2. The maximum Gasteiger partial charge on any atom is 0.242 e. The first kappa shape index (κ1) is 30.4. The molecule has 2 bridgehead atoms. The highest BCUT2D eigenvalue weighted by molar-refractivity contribution is 7.89. The Labute approximate surface area is 247 Å². The quantitative estimate of drug-likeness (QED) is 0.419. The van der Waals surface area contributed by atoms with Crippen molar-refractivity contribution < 1.29 is 22.3 Å². The van der Waals surface area contributed by atoms with Crippen LogP contribution in [0.5, 0.6) is 0 Å². The van der Waals surface area contributed by atoms with Crippen LogP contribution in [-0.2, 0) is 31.4 Å². The van der Waals surface area contributed by atoms with Crippen molar-refractivity contribution >= 4 is 33.2 Å². The number of nitrogens with one attached hydrogen (secondary N) is 2. The summed E-state index contributed by atoms with van der Waals surface area (Å²) in [4.78, 5) is 13.7. The minimum atomic E-state index is -3.35. The van der Waals surface area contributed by atoms with Gasteiger partial charge < -0.3 is 21.1 Å². The number of nitrogens with zero attached hydrogens (tertiary/aromatic N) is 1. The van der Waals surface area contributed by atoms with Crippen LogP contribution in [0.1, 0.15) is 56.1 Å². The van der Waals surface area contributed by atoms with Crippen LogP contribution in [0.3, 0.4) is 0 Å². The number of amides is 1. The van der Waals surface area contributed by atoms with E-state index in [0.717, 1.165) is 24.8 Å². The molecule has 41 heavy (non-hydrogen) atoms. The van der Waals surface area contributed by atoms with Crippen molar-refractivity contribution in [3.8, 4) is 0 Å². The lowest BCUT2D eigenvalue weighted by Crippen LogP contribution is -2.57. The molecule has 1 unspecified atom stereocenters. The van der Waals surface area contributed by atoms with Crippen molar-refractivity contribution in [2.45, 2.75) is 81.0 Å². The van der Waals surface area contributed by atoms with Crippen LogP contribution in [0.2, 0.25) is 5.02 Å². The number of nitrogens with two attached hydrogens (primary N) is 1. The number of piperazine rings is 1. The van der Waals surface area contributed by atoms with Gasteiger partial charge in [0.05, 0.1) is 17.9 Å². The van der Waals surface area contributed by atoms with Gasteiger partial charge in [0, 0.05) is 54.0 Å². The van der Waals surface area contributed by atoms with E-state index < -0.39 is 27.3 Å². The average Bonchev–Trinajstić information content (AvgIpc) is 3.08. The lowest BCUT2D eigenvalue weighted by Gasteiger charge is -2.43. The molecule has 8 nitrogen and oxygen atoms in total. The second-order valence-corrected chi connectivity index (χ2v) is 14.1. The summed E-state index contributed by atoms with van der Waals surface area (Å²) in [5.41, 5.74) is 7.79. The first-order valence-electron chi connectivity index (χ1n) is 14.5. The van der Waals surface area contributed by atoms with Crippen LogP contribution < -0.4 is 16.4 Å². The minimum Gasteiger partial charge on any atom is -0.381 e. The first-order chi connectivity index (χ1) is 19.6. The van der Waals surface area contributed by atoms with E-state index in [-0.39, 0.29) is 36.3 Å². The van der Waals surface area contributed by atoms with Crippen LogP contribution >= 0.6 is 11.6 Å². The number of methoxy groups -OCH3 is 1. The predicted molar refractivity (Wildman–Crippen MR) is 159 cm³/mol. The Hall–Kier alpha value is -2.08. The van der Waals surface area contributed by atoms with E-state index in [1.165, 1.54) is 6.07 Å². The Morgan fingerprint density at radius 2 is 1.95 bits per heavy atom. The topological polar surface area (TPSA) is 114 Å². The summed E-state index contributed by atoms with van der Waals surface area (Å²) in [6.45, 7) is 0.969. The standard InChI is InChI=1S/C30H40ClFN4O4S/c1-40-24-13-15-30(16-14-24,20-7-9-21(31)10-8-20)28(33)29(37)35-27-6-2-5-26(32)25(27)12-11-23-18-34-22-4-3-17-41(38,39)36(23)19-22/h2,5-10,22-24,28,34H,3-4,11-19,33H2,1H3,(H,35,37)/t22-,23+,24?,28-,30?/m1/s1. The van der Waals surface area contributed by atoms with Crippen LogP contribution in [0.25, 0.3) is 0 Å². The van der Waals surface area contributed by atoms with Crippen LogP contribution in [0, 0.1) is 5.82 Å². The van der Waals surface area contributed by atoms with Gasteiger partial charge in [0.15, 0.2) is 0 Å². The number of hydrogen-bond acceptors (Lipinski definition) is 6. The van der Waals surface area contributed by atoms with Gasteiger partial charge in [0.25, 0.3) is 0 Å². The van der Waals surface area contributed by atoms with Crippen molar-refractivity contribution in [2.24, 2.45) is 5.73 Å². The van der Waals surface area contributed by atoms with E-state index in [0.29, 0.717) is 55.0 Å². The molecule has 1 saturated carbocycles. The Balaban J connectivity index is 1.34. The molecule has 2 aromatic rings. The van der Waals surface area contributed by atoms with Crippen LogP contribution in [-0.4, -0.2) is 68.8 Å². The van der Waals surface area contributed by atoms with Gasteiger partial charge in [-0.25, -0.2) is 12.8 Å². The number of rotatable bonds is 8. The molecule has 0 spiro atoms. The Bertz CT molecular complexity index is 1330. The van der Waals surface area contributed by atoms with Crippen molar-refractivity contribution in [1.82, 2.24) is 9.62 Å². The summed E-state index contributed by atoms with van der Waals surface area (Å²) in [5.74, 6) is -0.689. The van der Waals surface area contributed by atoms with E-state index >= 15 is 4.39 Å². The normalized spacial score (nSPS) is 30.2. The molecule has 3 fully saturated rings. The highest BCUT2D eigenvalue weighted by Gasteiger charge is 2.45. The summed E-state index contributed by atoms with van der Waals surface area (Å²) < 4.78 is 48.1. The van der Waals surface area contributed by atoms with Gasteiger partial charge in [-0.15, -0.1) is 0 Å². The lowest BCUT2D eigenvalue weighted by atomic mass is 9.64. The molecule has 224 valence electrons. The van der Waals surface area contributed by atoms with Gasteiger partial charge in [-0.05, 0) is 81.2 Å². The molecule has 2 aliphatic heterocycles. The highest BCUT2D eigenvalue weighted by Crippen LogP contribution is 2.43. The zero-order chi connectivity index (χ0) is 29.2. The first-order valence-corrected chi connectivity index (χ1v) is 16.5. The van der Waals surface area contributed by atoms with Gasteiger partial charge in [0.2, 0.25) is 15.9 Å². The Morgan fingerprint density at radius 1 is 1.22 bits per heavy atom. The van der Waals surface area contributed by atoms with Crippen molar-refractivity contribution in [3.05, 3.63) is 64.4 Å². The molecule has 0 radical (unpaired) electrons. The maximum absolute atomic E-state index is 15.2. The van der Waals surface area contributed by atoms with Crippen molar-refractivity contribution in [1.29, 1.82) is 0 Å². The smallest absolute Gasteiger partial charge is 0.242 e. The number of anilines is 1. The fraction of sp³-hybridized carbons (Fsp3) is 0.567. The molecular formula is C30H40ClFN4O4S. The maximum atomic E-state index is 15.2. The molecule has 1 amide bonds. The highest BCUT2D eigenvalue weighted by atomic mass is 35.5. The van der Waals surface area contributed by atoms with Gasteiger partial charge in [-0.3, -0.25) is 4.79 Å². The van der Waals surface area contributed by atoms with Gasteiger partial charge in [-0.2, -0.15) is 4.31 Å². The zero-order valence-corrected chi connectivity index (χ0v) is 25.0. The molecule has 4 atom stereocenters. The third kappa shape index (κ3) is 6.48. The van der Waals surface area contributed by atoms with Gasteiger partial charge in [0.1, 0.15) is 5.82 Å². The number of benzene rings is 2. The lowest BCUT2D eigenvalue weighted by molar-refractivity contribution is -0.119. The Kier molecular flexibility index (Phi) is 9.37. The molecular weight excluding hydrogens is 567 g/mol. The number of fused-ring (bicyclic) bond motifs is 2. The molecule has 2 aromatic carbocycles. The predicted octanol–water partition coefficient (Wildman–Crippen LogP) is 3.97. The van der Waals surface area contributed by atoms with E-state index in [1.54, 1.807) is 23.5 Å². The fourth-order valence-corrected chi connectivity index (χ4v) is 8.78. The minimum absolute atomic E-state index is 0.109. The number of carbonyl (C=O) groups excluding carboxylic acids is 1. The molecule has 0 aromatic heterocycles. The van der Waals surface area contributed by atoms with Crippen molar-refractivity contribution in [2.75, 3.05) is 31.3 Å². The average molecular weight is 607 g/mol. The third-order valence-electron chi connectivity index (χ3n) is 9.32. The molecule has 1 aliphatic carbocycles. The summed E-state index contributed by atoms with van der Waals surface area (Å²) in [7, 11) is -1.66. The van der Waals surface area contributed by atoms with E-state index in [2.05, 4.69) is 10.6 Å². The molecule has 4 N–H and O–H groups in total.